The maximum atomic E-state index is 12.0. The Morgan fingerprint density at radius 2 is 1.93 bits per heavy atom. The van der Waals surface area contributed by atoms with E-state index in [9.17, 15) is 22.8 Å². The Hall–Kier alpha value is -2.17. The van der Waals surface area contributed by atoms with Gasteiger partial charge in [-0.3, -0.25) is 4.79 Å². The lowest BCUT2D eigenvalue weighted by molar-refractivity contribution is -0.147. The number of carbonyl (C=O) groups excluding carboxylic acids is 3. The maximum Gasteiger partial charge on any atom is 0.338 e. The van der Waals surface area contributed by atoms with Crippen LogP contribution in [-0.4, -0.2) is 46.0 Å². The zero-order chi connectivity index (χ0) is 20.8. The summed E-state index contributed by atoms with van der Waals surface area (Å²) in [6.07, 6.45) is 0.612. The van der Waals surface area contributed by atoms with Gasteiger partial charge in [0.2, 0.25) is 10.0 Å². The molecule has 0 bridgehead atoms. The molecule has 0 aliphatic carbocycles. The lowest BCUT2D eigenvalue weighted by Crippen LogP contribution is -2.47. The van der Waals surface area contributed by atoms with Gasteiger partial charge in [-0.2, -0.15) is 0 Å². The molecule has 1 aromatic rings. The van der Waals surface area contributed by atoms with Gasteiger partial charge in [-0.05, 0) is 24.1 Å². The van der Waals surface area contributed by atoms with E-state index in [1.165, 1.54) is 19.2 Å². The average molecular weight is 421 g/mol. The van der Waals surface area contributed by atoms with Crippen LogP contribution in [0.25, 0.3) is 0 Å². The fourth-order valence-corrected chi connectivity index (χ4v) is 3.15. The highest BCUT2D eigenvalue weighted by Gasteiger charge is 2.27. The molecule has 0 aliphatic rings. The van der Waals surface area contributed by atoms with E-state index in [0.29, 0.717) is 6.42 Å². The predicted molar refractivity (Wildman–Crippen MR) is 96.5 cm³/mol. The summed E-state index contributed by atoms with van der Waals surface area (Å²) < 4.78 is 32.4. The quantitative estimate of drug-likeness (QED) is 0.593. The highest BCUT2D eigenvalue weighted by Crippen LogP contribution is 2.21. The monoisotopic (exact) mass is 420 g/mol. The van der Waals surface area contributed by atoms with Crippen LogP contribution in [0.15, 0.2) is 23.1 Å². The van der Waals surface area contributed by atoms with Crippen LogP contribution >= 0.6 is 11.6 Å². The first-order valence-corrected chi connectivity index (χ1v) is 9.80. The second-order valence-corrected chi connectivity index (χ2v) is 7.66. The molecule has 1 rings (SSSR count). The van der Waals surface area contributed by atoms with Crippen molar-refractivity contribution in [3.8, 4) is 0 Å². The van der Waals surface area contributed by atoms with Crippen LogP contribution in [-0.2, 0) is 29.1 Å². The third-order valence-electron chi connectivity index (χ3n) is 3.79. The van der Waals surface area contributed by atoms with Crippen LogP contribution in [0.5, 0.6) is 0 Å². The number of nitrogens with two attached hydrogens (primary N) is 1. The summed E-state index contributed by atoms with van der Waals surface area (Å²) in [6.45, 7) is 2.93. The number of methoxy groups -OCH3 is 1. The fraction of sp³-hybridized carbons (Fsp3) is 0.438. The van der Waals surface area contributed by atoms with Crippen LogP contribution in [0.3, 0.4) is 0 Å². The Bertz CT molecular complexity index is 826. The molecule has 2 atom stereocenters. The normalized spacial score (nSPS) is 13.4. The zero-order valence-electron chi connectivity index (χ0n) is 15.0. The summed E-state index contributed by atoms with van der Waals surface area (Å²) >= 11 is 5.74. The number of rotatable bonds is 8. The molecule has 0 saturated carbocycles. The standard InChI is InChI=1S/C16H21ClN2O7S/c1-4-9(2)14(16(22)25-3)19-13(20)8-26-15(21)10-5-6-11(17)12(7-10)27(18,23)24/h5-7,9,14H,4,8H2,1-3H3,(H,19,20)(H2,18,23,24)/t9-,14+/m0/s1. The molecule has 1 aromatic carbocycles. The Kier molecular flexibility index (Phi) is 8.20. The highest BCUT2D eigenvalue weighted by molar-refractivity contribution is 7.89. The van der Waals surface area contributed by atoms with Crippen LogP contribution < -0.4 is 10.5 Å². The number of nitrogens with one attached hydrogen (secondary N) is 1. The van der Waals surface area contributed by atoms with Crippen LogP contribution in [0, 0.1) is 5.92 Å². The van der Waals surface area contributed by atoms with Crippen molar-refractivity contribution in [1.82, 2.24) is 5.32 Å². The minimum absolute atomic E-state index is 0.150. The van der Waals surface area contributed by atoms with Gasteiger partial charge in [-0.15, -0.1) is 0 Å². The van der Waals surface area contributed by atoms with E-state index >= 15 is 0 Å². The molecule has 0 aromatic heterocycles. The molecule has 0 heterocycles. The molecule has 150 valence electrons. The van der Waals surface area contributed by atoms with Crippen molar-refractivity contribution in [2.24, 2.45) is 11.1 Å². The van der Waals surface area contributed by atoms with Gasteiger partial charge in [0.25, 0.3) is 5.91 Å². The van der Waals surface area contributed by atoms with Crippen molar-refractivity contribution in [2.45, 2.75) is 31.2 Å². The maximum absolute atomic E-state index is 12.0. The van der Waals surface area contributed by atoms with Crippen molar-refractivity contribution in [1.29, 1.82) is 0 Å². The summed E-state index contributed by atoms with van der Waals surface area (Å²) in [5, 5.41) is 7.31. The fourth-order valence-electron chi connectivity index (χ4n) is 2.07. The van der Waals surface area contributed by atoms with E-state index < -0.39 is 45.4 Å². The first-order valence-electron chi connectivity index (χ1n) is 7.87. The number of benzene rings is 1. The summed E-state index contributed by atoms with van der Waals surface area (Å²) in [7, 11) is -2.93. The number of carbonyl (C=O) groups is 3. The van der Waals surface area contributed by atoms with E-state index in [1.54, 1.807) is 6.92 Å². The molecular formula is C16H21ClN2O7S. The second-order valence-electron chi connectivity index (χ2n) is 5.72. The van der Waals surface area contributed by atoms with Crippen molar-refractivity contribution in [2.75, 3.05) is 13.7 Å². The van der Waals surface area contributed by atoms with Crippen LogP contribution in [0.4, 0.5) is 0 Å². The lowest BCUT2D eigenvalue weighted by Gasteiger charge is -2.21. The number of halogens is 1. The molecule has 0 aliphatic heterocycles. The average Bonchev–Trinajstić information content (AvgIpc) is 2.62. The van der Waals surface area contributed by atoms with E-state index in [1.807, 2.05) is 6.92 Å². The molecule has 27 heavy (non-hydrogen) atoms. The number of esters is 2. The summed E-state index contributed by atoms with van der Waals surface area (Å²) in [5.41, 5.74) is -0.150. The molecular weight excluding hydrogens is 400 g/mol. The number of primary sulfonamides is 1. The molecule has 0 spiro atoms. The van der Waals surface area contributed by atoms with Gasteiger partial charge < -0.3 is 14.8 Å². The third-order valence-corrected chi connectivity index (χ3v) is 5.18. The van der Waals surface area contributed by atoms with Crippen molar-refractivity contribution >= 4 is 39.5 Å². The van der Waals surface area contributed by atoms with E-state index in [2.05, 4.69) is 10.1 Å². The Labute approximate surface area is 162 Å². The first-order chi connectivity index (χ1) is 12.5. The lowest BCUT2D eigenvalue weighted by atomic mass is 9.99. The van der Waals surface area contributed by atoms with Gasteiger partial charge in [0, 0.05) is 0 Å². The zero-order valence-corrected chi connectivity index (χ0v) is 16.6. The van der Waals surface area contributed by atoms with E-state index in [-0.39, 0.29) is 16.5 Å². The largest absolute Gasteiger partial charge is 0.467 e. The van der Waals surface area contributed by atoms with Crippen molar-refractivity contribution < 1.29 is 32.3 Å². The molecule has 0 saturated heterocycles. The van der Waals surface area contributed by atoms with E-state index in [4.69, 9.17) is 21.5 Å². The SMILES string of the molecule is CC[C@H](C)[C@@H](NC(=O)COC(=O)c1ccc(Cl)c(S(N)(=O)=O)c1)C(=O)OC. The van der Waals surface area contributed by atoms with Gasteiger partial charge in [-0.25, -0.2) is 23.1 Å². The number of sulfonamides is 1. The molecule has 0 unspecified atom stereocenters. The molecule has 11 heteroatoms. The summed E-state index contributed by atoms with van der Waals surface area (Å²) in [5.74, 6) is -2.46. The molecule has 3 N–H and O–H groups in total. The smallest absolute Gasteiger partial charge is 0.338 e. The minimum Gasteiger partial charge on any atom is -0.467 e. The van der Waals surface area contributed by atoms with Gasteiger partial charge in [0.05, 0.1) is 17.7 Å². The molecule has 0 fully saturated rings. The number of hydrogen-bond donors (Lipinski definition) is 2. The molecule has 0 radical (unpaired) electrons. The van der Waals surface area contributed by atoms with Crippen LogP contribution in [0.1, 0.15) is 30.6 Å². The van der Waals surface area contributed by atoms with Crippen molar-refractivity contribution in [3.63, 3.8) is 0 Å². The second kappa shape index (κ2) is 9.67. The Morgan fingerprint density at radius 1 is 1.30 bits per heavy atom. The first kappa shape index (κ1) is 22.9. The topological polar surface area (TPSA) is 142 Å². The Morgan fingerprint density at radius 3 is 2.44 bits per heavy atom. The third kappa shape index (κ3) is 6.49. The van der Waals surface area contributed by atoms with Crippen LogP contribution in [0.2, 0.25) is 5.02 Å². The molecule has 1 amide bonds. The minimum atomic E-state index is -4.13. The van der Waals surface area contributed by atoms with E-state index in [0.717, 1.165) is 6.07 Å². The summed E-state index contributed by atoms with van der Waals surface area (Å²) in [6, 6.07) is 2.48. The Balaban J connectivity index is 2.79. The number of hydrogen-bond acceptors (Lipinski definition) is 7. The van der Waals surface area contributed by atoms with Gasteiger partial charge in [-0.1, -0.05) is 31.9 Å². The highest BCUT2D eigenvalue weighted by atomic mass is 35.5. The number of amides is 1. The van der Waals surface area contributed by atoms with Gasteiger partial charge in [0.15, 0.2) is 6.61 Å². The summed E-state index contributed by atoms with van der Waals surface area (Å²) in [4.78, 5) is 35.3. The number of ether oxygens (including phenoxy) is 2. The predicted octanol–water partition coefficient (Wildman–Crippen LogP) is 0.848. The molecule has 9 nitrogen and oxygen atoms in total. The van der Waals surface area contributed by atoms with Crippen molar-refractivity contribution in [3.05, 3.63) is 28.8 Å². The van der Waals surface area contributed by atoms with Gasteiger partial charge in [0.1, 0.15) is 10.9 Å². The van der Waals surface area contributed by atoms with Gasteiger partial charge >= 0.3 is 11.9 Å².